The van der Waals surface area contributed by atoms with Crippen LogP contribution in [0.4, 0.5) is 0 Å². The Labute approximate surface area is 176 Å². The lowest BCUT2D eigenvalue weighted by atomic mass is 9.57. The number of cyclic esters (lactones) is 1. The zero-order chi connectivity index (χ0) is 21.8. The third-order valence-electron chi connectivity index (χ3n) is 8.05. The second kappa shape index (κ2) is 7.25. The number of hydrogen-bond donors (Lipinski definition) is 0. The molecular formula is C25H37NO3. The molecule has 0 N–H and O–H groups in total. The number of carbonyl (C=O) groups is 2. The van der Waals surface area contributed by atoms with E-state index in [-0.39, 0.29) is 29.3 Å². The van der Waals surface area contributed by atoms with Gasteiger partial charge in [0.1, 0.15) is 11.9 Å². The van der Waals surface area contributed by atoms with Crippen molar-refractivity contribution in [2.75, 3.05) is 0 Å². The van der Waals surface area contributed by atoms with Gasteiger partial charge in [-0.25, -0.2) is 0 Å². The Hall–Kier alpha value is -1.63. The van der Waals surface area contributed by atoms with Crippen molar-refractivity contribution in [2.24, 2.45) is 39.9 Å². The van der Waals surface area contributed by atoms with Gasteiger partial charge in [-0.3, -0.25) is 9.59 Å². The molecule has 3 fully saturated rings. The van der Waals surface area contributed by atoms with Gasteiger partial charge in [-0.2, -0.15) is 5.26 Å². The molecule has 0 spiro atoms. The Kier molecular flexibility index (Phi) is 5.52. The Morgan fingerprint density at radius 3 is 2.38 bits per heavy atom. The summed E-state index contributed by atoms with van der Waals surface area (Å²) in [4.78, 5) is 25.9. The van der Waals surface area contributed by atoms with Crippen molar-refractivity contribution in [3.8, 4) is 6.07 Å². The first kappa shape index (κ1) is 22.1. The molecule has 4 nitrogen and oxygen atoms in total. The van der Waals surface area contributed by atoms with E-state index in [9.17, 15) is 14.9 Å². The lowest BCUT2D eigenvalue weighted by Crippen LogP contribution is -2.46. The summed E-state index contributed by atoms with van der Waals surface area (Å²) >= 11 is 0. The van der Waals surface area contributed by atoms with Crippen LogP contribution in [0, 0.1) is 51.2 Å². The van der Waals surface area contributed by atoms with Crippen molar-refractivity contribution in [1.82, 2.24) is 0 Å². The minimum absolute atomic E-state index is 0.0234. The van der Waals surface area contributed by atoms with Crippen LogP contribution in [0.1, 0.15) is 80.6 Å². The van der Waals surface area contributed by atoms with Crippen LogP contribution in [0.3, 0.4) is 0 Å². The number of fused-ring (bicyclic) bond motifs is 1. The van der Waals surface area contributed by atoms with E-state index in [0.29, 0.717) is 24.0 Å². The number of rotatable bonds is 5. The summed E-state index contributed by atoms with van der Waals surface area (Å²) in [7, 11) is 0. The number of carbonyl (C=O) groups excluding carboxylic acids is 2. The van der Waals surface area contributed by atoms with Crippen LogP contribution >= 0.6 is 0 Å². The van der Waals surface area contributed by atoms with E-state index in [0.717, 1.165) is 25.7 Å². The zero-order valence-corrected chi connectivity index (χ0v) is 19.2. The van der Waals surface area contributed by atoms with Gasteiger partial charge < -0.3 is 4.74 Å². The molecule has 1 aliphatic heterocycles. The first-order valence-electron chi connectivity index (χ1n) is 11.2. The SMILES string of the molecule is CC(C)=CC(C)(C(=O)C1CC(CC2OC(=O)C3(C#N)CC(C)CC23)C1)C(C)(C)C. The Balaban J connectivity index is 1.65. The summed E-state index contributed by atoms with van der Waals surface area (Å²) in [6.45, 7) is 14.7. The molecule has 0 bridgehead atoms. The van der Waals surface area contributed by atoms with Gasteiger partial charge in [-0.05, 0) is 70.1 Å². The monoisotopic (exact) mass is 399 g/mol. The summed E-state index contributed by atoms with van der Waals surface area (Å²) in [5, 5.41) is 9.69. The van der Waals surface area contributed by atoms with Crippen LogP contribution in [0.25, 0.3) is 0 Å². The Bertz CT molecular complexity index is 760. The molecular weight excluding hydrogens is 362 g/mol. The summed E-state index contributed by atoms with van der Waals surface area (Å²) in [6.07, 6.45) is 6.05. The number of nitriles is 1. The van der Waals surface area contributed by atoms with E-state index in [1.807, 2.05) is 0 Å². The number of ketones is 1. The normalized spacial score (nSPS) is 38.3. The molecule has 0 amide bonds. The van der Waals surface area contributed by atoms with Crippen molar-refractivity contribution in [1.29, 1.82) is 5.26 Å². The van der Waals surface area contributed by atoms with Gasteiger partial charge in [0.15, 0.2) is 5.41 Å². The van der Waals surface area contributed by atoms with Gasteiger partial charge in [0, 0.05) is 17.3 Å². The van der Waals surface area contributed by atoms with Gasteiger partial charge in [0.25, 0.3) is 0 Å². The molecule has 5 atom stereocenters. The molecule has 3 aliphatic rings. The predicted molar refractivity (Wildman–Crippen MR) is 113 cm³/mol. The van der Waals surface area contributed by atoms with Crippen LogP contribution in [-0.2, 0) is 14.3 Å². The summed E-state index contributed by atoms with van der Waals surface area (Å²) < 4.78 is 5.69. The first-order valence-corrected chi connectivity index (χ1v) is 11.2. The highest BCUT2D eigenvalue weighted by molar-refractivity contribution is 5.90. The maximum atomic E-state index is 13.4. The fourth-order valence-corrected chi connectivity index (χ4v) is 5.96. The van der Waals surface area contributed by atoms with Crippen LogP contribution in [-0.4, -0.2) is 17.9 Å². The van der Waals surface area contributed by atoms with Crippen LogP contribution in [0.15, 0.2) is 11.6 Å². The molecule has 0 aromatic heterocycles. The molecule has 1 heterocycles. The highest BCUT2D eigenvalue weighted by Crippen LogP contribution is 2.56. The van der Waals surface area contributed by atoms with E-state index in [1.165, 1.54) is 5.57 Å². The maximum Gasteiger partial charge on any atom is 0.327 e. The lowest BCUT2D eigenvalue weighted by Gasteiger charge is -2.45. The Morgan fingerprint density at radius 2 is 1.86 bits per heavy atom. The average Bonchev–Trinajstić information content (AvgIpc) is 3.02. The fraction of sp³-hybridized carbons (Fsp3) is 0.800. The van der Waals surface area contributed by atoms with Crippen molar-refractivity contribution in [2.45, 2.75) is 86.7 Å². The minimum atomic E-state index is -0.919. The molecule has 29 heavy (non-hydrogen) atoms. The van der Waals surface area contributed by atoms with Crippen LogP contribution in [0.5, 0.6) is 0 Å². The quantitative estimate of drug-likeness (QED) is 0.454. The second-order valence-electron chi connectivity index (χ2n) is 11.5. The van der Waals surface area contributed by atoms with Crippen molar-refractivity contribution < 1.29 is 14.3 Å². The summed E-state index contributed by atoms with van der Waals surface area (Å²) in [5.41, 5.74) is -0.359. The molecule has 5 unspecified atom stereocenters. The van der Waals surface area contributed by atoms with Gasteiger partial charge in [0.2, 0.25) is 0 Å². The van der Waals surface area contributed by atoms with Gasteiger partial charge >= 0.3 is 5.97 Å². The van der Waals surface area contributed by atoms with Crippen molar-refractivity contribution >= 4 is 11.8 Å². The van der Waals surface area contributed by atoms with Gasteiger partial charge in [-0.15, -0.1) is 0 Å². The van der Waals surface area contributed by atoms with Crippen LogP contribution in [0.2, 0.25) is 0 Å². The minimum Gasteiger partial charge on any atom is -0.461 e. The maximum absolute atomic E-state index is 13.4. The molecule has 4 heteroatoms. The van der Waals surface area contributed by atoms with E-state index >= 15 is 0 Å². The summed E-state index contributed by atoms with van der Waals surface area (Å²) in [6, 6.07) is 2.31. The highest BCUT2D eigenvalue weighted by Gasteiger charge is 2.62. The lowest BCUT2D eigenvalue weighted by molar-refractivity contribution is -0.149. The van der Waals surface area contributed by atoms with E-state index in [4.69, 9.17) is 4.74 Å². The van der Waals surface area contributed by atoms with E-state index < -0.39 is 10.8 Å². The predicted octanol–water partition coefficient (Wildman–Crippen LogP) is 5.47. The van der Waals surface area contributed by atoms with Gasteiger partial charge in [0.05, 0.1) is 6.07 Å². The first-order chi connectivity index (χ1) is 13.3. The molecule has 2 saturated carbocycles. The largest absolute Gasteiger partial charge is 0.461 e. The summed E-state index contributed by atoms with van der Waals surface area (Å²) in [5.74, 6) is 0.933. The van der Waals surface area contributed by atoms with Crippen molar-refractivity contribution in [3.63, 3.8) is 0 Å². The number of esters is 1. The average molecular weight is 400 g/mol. The molecule has 3 rings (SSSR count). The topological polar surface area (TPSA) is 67.2 Å². The molecule has 0 aromatic carbocycles. The fourth-order valence-electron chi connectivity index (χ4n) is 5.96. The Morgan fingerprint density at radius 1 is 1.24 bits per heavy atom. The van der Waals surface area contributed by atoms with E-state index in [1.54, 1.807) is 0 Å². The molecule has 160 valence electrons. The molecule has 1 saturated heterocycles. The van der Waals surface area contributed by atoms with Crippen LogP contribution < -0.4 is 0 Å². The standard InChI is InChI=1S/C25H37NO3/c1-15(2)12-24(7,23(4,5)6)21(27)18-9-17(10-18)11-20-19-8-16(3)13-25(19,14-26)22(28)29-20/h12,16-20H,8-11,13H2,1-7H3. The van der Waals surface area contributed by atoms with E-state index in [2.05, 4.69) is 60.6 Å². The number of allylic oxidation sites excluding steroid dienone is 2. The van der Waals surface area contributed by atoms with Gasteiger partial charge in [-0.1, -0.05) is 39.3 Å². The zero-order valence-electron chi connectivity index (χ0n) is 19.2. The second-order valence-corrected chi connectivity index (χ2v) is 11.5. The molecule has 0 radical (unpaired) electrons. The number of nitrogens with zero attached hydrogens (tertiary/aromatic N) is 1. The number of ether oxygens (including phenoxy) is 1. The highest BCUT2D eigenvalue weighted by atomic mass is 16.6. The molecule has 0 aromatic rings. The number of hydrogen-bond acceptors (Lipinski definition) is 4. The number of Topliss-reactive ketones (excluding diaryl/α,β-unsaturated/α-hetero) is 1. The third-order valence-corrected chi connectivity index (χ3v) is 8.05. The smallest absolute Gasteiger partial charge is 0.327 e. The van der Waals surface area contributed by atoms with Crippen molar-refractivity contribution in [3.05, 3.63) is 11.6 Å². The third kappa shape index (κ3) is 3.56. The molecule has 2 aliphatic carbocycles.